The van der Waals surface area contributed by atoms with Crippen LogP contribution in [-0.2, 0) is 0 Å². The number of carbonyl (C=O) groups excluding carboxylic acids is 1. The van der Waals surface area contributed by atoms with Gasteiger partial charge in [0.2, 0.25) is 0 Å². The van der Waals surface area contributed by atoms with Gasteiger partial charge in [0.05, 0.1) is 17.6 Å². The number of nitrogens with one attached hydrogen (secondary N) is 1. The van der Waals surface area contributed by atoms with Gasteiger partial charge in [0.25, 0.3) is 0 Å². The minimum atomic E-state index is -0.136. The smallest absolute Gasteiger partial charge is 0.323 e. The van der Waals surface area contributed by atoms with E-state index >= 15 is 0 Å². The minimum absolute atomic E-state index is 0.136. The highest BCUT2D eigenvalue weighted by atomic mass is 32.1. The topological polar surface area (TPSA) is 71.2 Å². The Bertz CT molecular complexity index is 428. The van der Waals surface area contributed by atoms with Crippen molar-refractivity contribution in [1.29, 1.82) is 0 Å². The molecular weight excluding hydrogens is 236 g/mol. The highest BCUT2D eigenvalue weighted by molar-refractivity contribution is 7.16. The number of urea groups is 1. The molecule has 1 rings (SSSR count). The van der Waals surface area contributed by atoms with E-state index in [1.165, 1.54) is 11.3 Å². The van der Waals surface area contributed by atoms with Crippen LogP contribution >= 0.6 is 11.3 Å². The Hall–Kier alpha value is -1.58. The van der Waals surface area contributed by atoms with Gasteiger partial charge >= 0.3 is 6.03 Å². The second kappa shape index (κ2) is 6.89. The molecule has 92 valence electrons. The Kier molecular flexibility index (Phi) is 5.46. The van der Waals surface area contributed by atoms with Gasteiger partial charge in [-0.15, -0.1) is 0 Å². The predicted octanol–water partition coefficient (Wildman–Crippen LogP) is 1.33. The molecule has 0 spiro atoms. The van der Waals surface area contributed by atoms with Crippen molar-refractivity contribution in [3.63, 3.8) is 0 Å². The van der Waals surface area contributed by atoms with Crippen LogP contribution < -0.4 is 11.1 Å². The molecule has 0 aliphatic heterocycles. The number of thiazole rings is 1. The summed E-state index contributed by atoms with van der Waals surface area (Å²) in [6.45, 7) is 5.53. The van der Waals surface area contributed by atoms with Gasteiger partial charge in [0.15, 0.2) is 5.13 Å². The molecule has 0 atom stereocenters. The van der Waals surface area contributed by atoms with Crippen molar-refractivity contribution < 1.29 is 4.79 Å². The van der Waals surface area contributed by atoms with Crippen LogP contribution in [0.5, 0.6) is 0 Å². The number of carbonyl (C=O) groups is 1. The standard InChI is InChI=1S/C11H16N4OS/c1-3-15(4-2)11(16)14-10-13-8-9(17-10)6-5-7-12/h8H,3-4,7,12H2,1-2H3,(H,13,14,16). The minimum Gasteiger partial charge on any atom is -0.325 e. The quantitative estimate of drug-likeness (QED) is 0.797. The molecule has 2 amide bonds. The van der Waals surface area contributed by atoms with Crippen LogP contribution in [0.3, 0.4) is 0 Å². The lowest BCUT2D eigenvalue weighted by Gasteiger charge is -2.17. The fourth-order valence-corrected chi connectivity index (χ4v) is 1.89. The monoisotopic (exact) mass is 252 g/mol. The molecule has 0 radical (unpaired) electrons. The van der Waals surface area contributed by atoms with Gasteiger partial charge in [0, 0.05) is 13.1 Å². The van der Waals surface area contributed by atoms with E-state index in [9.17, 15) is 4.79 Å². The summed E-state index contributed by atoms with van der Waals surface area (Å²) in [6, 6.07) is -0.136. The molecule has 0 aromatic carbocycles. The molecule has 5 nitrogen and oxygen atoms in total. The molecule has 0 unspecified atom stereocenters. The van der Waals surface area contributed by atoms with Gasteiger partial charge in [-0.05, 0) is 13.8 Å². The van der Waals surface area contributed by atoms with Gasteiger partial charge < -0.3 is 10.6 Å². The van der Waals surface area contributed by atoms with Gasteiger partial charge in [-0.3, -0.25) is 5.32 Å². The number of rotatable bonds is 3. The second-order valence-corrected chi connectivity index (χ2v) is 4.17. The zero-order chi connectivity index (χ0) is 12.7. The molecule has 1 aromatic rings. The van der Waals surface area contributed by atoms with Gasteiger partial charge in [-0.25, -0.2) is 9.78 Å². The van der Waals surface area contributed by atoms with Crippen LogP contribution in [0, 0.1) is 11.8 Å². The molecule has 1 heterocycles. The first-order valence-electron chi connectivity index (χ1n) is 5.41. The first-order valence-corrected chi connectivity index (χ1v) is 6.23. The van der Waals surface area contributed by atoms with Crippen LogP contribution in [0.15, 0.2) is 6.20 Å². The third-order valence-corrected chi connectivity index (χ3v) is 2.91. The van der Waals surface area contributed by atoms with Crippen LogP contribution in [-0.4, -0.2) is 35.5 Å². The Morgan fingerprint density at radius 2 is 2.29 bits per heavy atom. The molecule has 3 N–H and O–H groups in total. The lowest BCUT2D eigenvalue weighted by molar-refractivity contribution is 0.217. The largest absolute Gasteiger partial charge is 0.325 e. The van der Waals surface area contributed by atoms with Crippen LogP contribution in [0.25, 0.3) is 0 Å². The zero-order valence-corrected chi connectivity index (χ0v) is 10.8. The summed E-state index contributed by atoms with van der Waals surface area (Å²) in [5, 5.41) is 3.29. The Balaban J connectivity index is 2.63. The maximum Gasteiger partial charge on any atom is 0.323 e. The molecule has 0 aliphatic carbocycles. The molecule has 0 saturated carbocycles. The van der Waals surface area contributed by atoms with Crippen molar-refractivity contribution in [2.24, 2.45) is 5.73 Å². The van der Waals surface area contributed by atoms with Crippen molar-refractivity contribution in [3.05, 3.63) is 11.1 Å². The number of aromatic nitrogens is 1. The maximum atomic E-state index is 11.7. The number of anilines is 1. The molecule has 6 heteroatoms. The van der Waals surface area contributed by atoms with Crippen LogP contribution in [0.1, 0.15) is 18.7 Å². The summed E-state index contributed by atoms with van der Waals surface area (Å²) in [4.78, 5) is 18.3. The lowest BCUT2D eigenvalue weighted by atomic mass is 10.5. The fourth-order valence-electron chi connectivity index (χ4n) is 1.21. The Morgan fingerprint density at radius 3 is 2.88 bits per heavy atom. The summed E-state index contributed by atoms with van der Waals surface area (Å²) in [7, 11) is 0. The zero-order valence-electron chi connectivity index (χ0n) is 9.99. The third-order valence-electron chi connectivity index (χ3n) is 2.08. The van der Waals surface area contributed by atoms with Gasteiger partial charge in [-0.1, -0.05) is 23.2 Å². The molecule has 17 heavy (non-hydrogen) atoms. The molecule has 0 bridgehead atoms. The number of hydrogen-bond donors (Lipinski definition) is 2. The van der Waals surface area contributed by atoms with E-state index in [0.717, 1.165) is 4.88 Å². The van der Waals surface area contributed by atoms with Gasteiger partial charge in [-0.2, -0.15) is 0 Å². The van der Waals surface area contributed by atoms with Crippen molar-refractivity contribution in [2.45, 2.75) is 13.8 Å². The van der Waals surface area contributed by atoms with E-state index in [2.05, 4.69) is 22.1 Å². The predicted molar refractivity (Wildman–Crippen MR) is 70.0 cm³/mol. The maximum absolute atomic E-state index is 11.7. The summed E-state index contributed by atoms with van der Waals surface area (Å²) in [5.41, 5.74) is 5.27. The van der Waals surface area contributed by atoms with E-state index in [1.807, 2.05) is 13.8 Å². The first-order chi connectivity index (χ1) is 8.21. The number of hydrogen-bond acceptors (Lipinski definition) is 4. The lowest BCUT2D eigenvalue weighted by Crippen LogP contribution is -2.34. The normalized spacial score (nSPS) is 9.35. The van der Waals surface area contributed by atoms with E-state index in [-0.39, 0.29) is 6.03 Å². The summed E-state index contributed by atoms with van der Waals surface area (Å²) in [5.74, 6) is 5.61. The average Bonchev–Trinajstić information content (AvgIpc) is 2.75. The Labute approximate surface area is 105 Å². The van der Waals surface area contributed by atoms with Crippen LogP contribution in [0.2, 0.25) is 0 Å². The Morgan fingerprint density at radius 1 is 1.59 bits per heavy atom. The van der Waals surface area contributed by atoms with Crippen molar-refractivity contribution in [2.75, 3.05) is 25.0 Å². The highest BCUT2D eigenvalue weighted by Gasteiger charge is 2.11. The number of amides is 2. The molecular formula is C11H16N4OS. The van der Waals surface area contributed by atoms with E-state index in [0.29, 0.717) is 24.8 Å². The van der Waals surface area contributed by atoms with E-state index < -0.39 is 0 Å². The summed E-state index contributed by atoms with van der Waals surface area (Å²) < 4.78 is 0. The first kappa shape index (κ1) is 13.5. The molecule has 0 aliphatic rings. The van der Waals surface area contributed by atoms with Crippen LogP contribution in [0.4, 0.5) is 9.93 Å². The SMILES string of the molecule is CCN(CC)C(=O)Nc1ncc(C#CCN)s1. The third kappa shape index (κ3) is 4.06. The van der Waals surface area contributed by atoms with Crippen molar-refractivity contribution >= 4 is 22.5 Å². The van der Waals surface area contributed by atoms with E-state index in [1.54, 1.807) is 11.1 Å². The van der Waals surface area contributed by atoms with Gasteiger partial charge in [0.1, 0.15) is 0 Å². The fraction of sp³-hybridized carbons (Fsp3) is 0.455. The molecule has 1 aromatic heterocycles. The summed E-state index contributed by atoms with van der Waals surface area (Å²) >= 11 is 1.34. The number of nitrogens with two attached hydrogens (primary N) is 1. The molecule has 0 saturated heterocycles. The second-order valence-electron chi connectivity index (χ2n) is 3.14. The number of nitrogens with zero attached hydrogens (tertiary/aromatic N) is 2. The summed E-state index contributed by atoms with van der Waals surface area (Å²) in [6.07, 6.45) is 1.63. The van der Waals surface area contributed by atoms with Crippen molar-refractivity contribution in [1.82, 2.24) is 9.88 Å². The van der Waals surface area contributed by atoms with Crippen molar-refractivity contribution in [3.8, 4) is 11.8 Å². The molecule has 0 fully saturated rings. The highest BCUT2D eigenvalue weighted by Crippen LogP contribution is 2.17. The average molecular weight is 252 g/mol. The van der Waals surface area contributed by atoms with E-state index in [4.69, 9.17) is 5.73 Å².